The molecule has 30 heavy (non-hydrogen) atoms. The maximum absolute atomic E-state index is 5.39. The molecule has 0 saturated heterocycles. The molecule has 1 aromatic rings. The summed E-state index contributed by atoms with van der Waals surface area (Å²) in [6, 6.07) is 6.47. The molecule has 0 unspecified atom stereocenters. The number of nitrogens with zero attached hydrogens (tertiary/aromatic N) is 1. The van der Waals surface area contributed by atoms with Crippen LogP contribution in [0.15, 0.2) is 46.7 Å². The normalized spacial score (nSPS) is 12.5. The van der Waals surface area contributed by atoms with Gasteiger partial charge in [0.2, 0.25) is 0 Å². The number of hydrogen-bond acceptors (Lipinski definition) is 3. The van der Waals surface area contributed by atoms with E-state index in [1.54, 1.807) is 6.20 Å². The van der Waals surface area contributed by atoms with Gasteiger partial charge in [-0.2, -0.15) is 0 Å². The molecule has 3 nitrogen and oxygen atoms in total. The van der Waals surface area contributed by atoms with Crippen LogP contribution in [0, 0.1) is 10.8 Å². The maximum atomic E-state index is 5.39. The summed E-state index contributed by atoms with van der Waals surface area (Å²) in [4.78, 5) is 4.10. The van der Waals surface area contributed by atoms with Gasteiger partial charge in [0.15, 0.2) is 0 Å². The second-order valence-electron chi connectivity index (χ2n) is 10.6. The fourth-order valence-corrected chi connectivity index (χ4v) is 4.42. The Bertz CT molecular complexity index is 694. The second-order valence-corrected chi connectivity index (χ2v) is 10.6. The van der Waals surface area contributed by atoms with E-state index < -0.39 is 0 Å². The fourth-order valence-electron chi connectivity index (χ4n) is 4.42. The predicted octanol–water partition coefficient (Wildman–Crippen LogP) is 7.87. The van der Waals surface area contributed by atoms with Gasteiger partial charge in [0.25, 0.3) is 0 Å². The average molecular weight is 414 g/mol. The van der Waals surface area contributed by atoms with Crippen LogP contribution in [0.25, 0.3) is 0 Å². The molecule has 3 N–H and O–H groups in total. The van der Waals surface area contributed by atoms with Crippen LogP contribution in [0.5, 0.6) is 0 Å². The number of benzene rings is 1. The monoisotopic (exact) mass is 413 g/mol. The van der Waals surface area contributed by atoms with E-state index in [4.69, 9.17) is 5.73 Å². The van der Waals surface area contributed by atoms with Crippen LogP contribution >= 0.6 is 0 Å². The topological polar surface area (TPSA) is 50.4 Å². The van der Waals surface area contributed by atoms with Crippen molar-refractivity contribution in [2.75, 3.05) is 12.4 Å². The Kier molecular flexibility index (Phi) is 11.2. The van der Waals surface area contributed by atoms with E-state index >= 15 is 0 Å². The minimum Gasteiger partial charge on any atom is -0.403 e. The van der Waals surface area contributed by atoms with Gasteiger partial charge in [0, 0.05) is 31.3 Å². The summed E-state index contributed by atoms with van der Waals surface area (Å²) < 4.78 is 0. The van der Waals surface area contributed by atoms with Crippen molar-refractivity contribution >= 4 is 11.9 Å². The predicted molar refractivity (Wildman–Crippen MR) is 138 cm³/mol. The van der Waals surface area contributed by atoms with Gasteiger partial charge in [0.05, 0.1) is 0 Å². The lowest BCUT2D eigenvalue weighted by Crippen LogP contribution is -2.24. The van der Waals surface area contributed by atoms with Crippen molar-refractivity contribution in [3.8, 4) is 0 Å². The number of nitrogens with one attached hydrogen (secondary N) is 1. The number of nitrogens with two attached hydrogens (primary N) is 1. The van der Waals surface area contributed by atoms with Crippen LogP contribution in [-0.2, 0) is 0 Å². The first kappa shape index (κ1) is 28.0. The third-order valence-corrected chi connectivity index (χ3v) is 4.91. The number of anilines is 1. The Labute approximate surface area is 187 Å². The summed E-state index contributed by atoms with van der Waals surface area (Å²) >= 11 is 0. The molecule has 0 aromatic heterocycles. The van der Waals surface area contributed by atoms with E-state index in [0.717, 1.165) is 0 Å². The molecular formula is C27H47N3. The van der Waals surface area contributed by atoms with E-state index in [2.05, 4.69) is 105 Å². The lowest BCUT2D eigenvalue weighted by atomic mass is 9.70. The molecular weight excluding hydrogens is 366 g/mol. The highest BCUT2D eigenvalue weighted by Crippen LogP contribution is 2.40. The van der Waals surface area contributed by atoms with Gasteiger partial charge in [-0.3, -0.25) is 4.99 Å². The van der Waals surface area contributed by atoms with Crippen molar-refractivity contribution in [1.29, 1.82) is 0 Å². The lowest BCUT2D eigenvalue weighted by molar-refractivity contribution is 0.359. The average Bonchev–Trinajstić information content (AvgIpc) is 2.57. The summed E-state index contributed by atoms with van der Waals surface area (Å²) in [6.07, 6.45) is 5.28. The Morgan fingerprint density at radius 2 is 1.37 bits per heavy atom. The smallest absolute Gasteiger partial charge is 0.0450 e. The largest absolute Gasteiger partial charge is 0.403 e. The molecule has 0 aliphatic carbocycles. The van der Waals surface area contributed by atoms with E-state index in [1.165, 1.54) is 34.2 Å². The van der Waals surface area contributed by atoms with Gasteiger partial charge >= 0.3 is 0 Å². The molecule has 1 aromatic carbocycles. The minimum absolute atomic E-state index is 0.212. The van der Waals surface area contributed by atoms with Crippen LogP contribution in [-0.4, -0.2) is 13.3 Å². The van der Waals surface area contributed by atoms with Crippen molar-refractivity contribution in [3.05, 3.63) is 52.9 Å². The molecule has 170 valence electrons. The molecule has 0 fully saturated rings. The molecule has 0 radical (unpaired) electrons. The van der Waals surface area contributed by atoms with Crippen LogP contribution < -0.4 is 11.1 Å². The number of hydrogen-bond donors (Lipinski definition) is 2. The Balaban J connectivity index is 0.000000567. The highest BCUT2D eigenvalue weighted by atomic mass is 14.9. The SMILES string of the molecule is CC(C)c1cccc(C(C)C)c1N/C=C\N.CN=CC(C)=C(C(C)(C)C)C(C)(C)C. The second kappa shape index (κ2) is 12.0. The zero-order chi connectivity index (χ0) is 23.7. The number of para-hydroxylation sites is 1. The van der Waals surface area contributed by atoms with E-state index in [0.29, 0.717) is 11.8 Å². The summed E-state index contributed by atoms with van der Waals surface area (Å²) in [7, 11) is 1.83. The Hall–Kier alpha value is -2.03. The lowest BCUT2D eigenvalue weighted by Gasteiger charge is -2.35. The van der Waals surface area contributed by atoms with Gasteiger partial charge in [-0.15, -0.1) is 0 Å². The quantitative estimate of drug-likeness (QED) is 0.482. The van der Waals surface area contributed by atoms with Gasteiger partial charge < -0.3 is 11.1 Å². The molecule has 1 rings (SSSR count). The van der Waals surface area contributed by atoms with Crippen molar-refractivity contribution in [1.82, 2.24) is 0 Å². The van der Waals surface area contributed by atoms with Crippen LogP contribution in [0.4, 0.5) is 5.69 Å². The highest BCUT2D eigenvalue weighted by Gasteiger charge is 2.29. The summed E-state index contributed by atoms with van der Waals surface area (Å²) in [5, 5.41) is 3.29. The van der Waals surface area contributed by atoms with E-state index in [1.807, 2.05) is 13.3 Å². The van der Waals surface area contributed by atoms with Crippen molar-refractivity contribution < 1.29 is 0 Å². The molecule has 0 spiro atoms. The van der Waals surface area contributed by atoms with Crippen molar-refractivity contribution in [2.45, 2.75) is 88.0 Å². The molecule has 0 heterocycles. The molecule has 0 atom stereocenters. The first-order valence-corrected chi connectivity index (χ1v) is 11.1. The molecule has 0 aliphatic heterocycles. The van der Waals surface area contributed by atoms with Gasteiger partial charge in [-0.1, -0.05) is 93.0 Å². The van der Waals surface area contributed by atoms with Crippen molar-refractivity contribution in [2.24, 2.45) is 21.6 Å². The summed E-state index contributed by atoms with van der Waals surface area (Å²) in [5.41, 5.74) is 12.5. The summed E-state index contributed by atoms with van der Waals surface area (Å²) in [5.74, 6) is 1.01. The van der Waals surface area contributed by atoms with E-state index in [9.17, 15) is 0 Å². The number of allylic oxidation sites excluding steroid dienone is 2. The number of aliphatic imine (C=N–C) groups is 1. The first-order chi connectivity index (χ1) is 13.7. The van der Waals surface area contributed by atoms with E-state index in [-0.39, 0.29) is 10.8 Å². The van der Waals surface area contributed by atoms with Crippen LogP contribution in [0.1, 0.15) is 99.1 Å². The Morgan fingerprint density at radius 3 is 1.67 bits per heavy atom. The molecule has 0 bridgehead atoms. The molecule has 0 saturated carbocycles. The zero-order valence-electron chi connectivity index (χ0n) is 21.6. The highest BCUT2D eigenvalue weighted by molar-refractivity contribution is 5.79. The Morgan fingerprint density at radius 1 is 0.933 bits per heavy atom. The molecule has 3 heteroatoms. The molecule has 0 aliphatic rings. The maximum Gasteiger partial charge on any atom is 0.0450 e. The standard InChI is InChI=1S/C14H22N2.C13H25N/c1-10(2)12-6-5-7-13(11(3)4)14(12)16-9-8-15;1-10(9-14-8)11(12(2,3)4)13(5,6)7/h5-11,16H,15H2,1-4H3;9H,1-8H3/b9-8-;. The minimum atomic E-state index is 0.212. The van der Waals surface area contributed by atoms with Gasteiger partial charge in [-0.05, 0) is 46.3 Å². The van der Waals surface area contributed by atoms with Crippen molar-refractivity contribution in [3.63, 3.8) is 0 Å². The first-order valence-electron chi connectivity index (χ1n) is 11.1. The molecule has 0 amide bonds. The fraction of sp³-hybridized carbons (Fsp3) is 0.593. The third kappa shape index (κ3) is 8.77. The van der Waals surface area contributed by atoms with Crippen LogP contribution in [0.3, 0.4) is 0 Å². The van der Waals surface area contributed by atoms with Gasteiger partial charge in [-0.25, -0.2) is 0 Å². The number of rotatable bonds is 5. The summed E-state index contributed by atoms with van der Waals surface area (Å²) in [6.45, 7) is 24.6. The zero-order valence-corrected chi connectivity index (χ0v) is 21.6. The van der Waals surface area contributed by atoms with Gasteiger partial charge in [0.1, 0.15) is 0 Å². The third-order valence-electron chi connectivity index (χ3n) is 4.91. The van der Waals surface area contributed by atoms with Crippen LogP contribution in [0.2, 0.25) is 0 Å².